The van der Waals surface area contributed by atoms with Gasteiger partial charge in [-0.1, -0.05) is 48.0 Å². The fraction of sp³-hybridized carbons (Fsp3) is 0.286. The molecular weight excluding hydrogens is 344 g/mol. The van der Waals surface area contributed by atoms with E-state index in [0.29, 0.717) is 11.2 Å². The monoisotopic (exact) mass is 366 g/mol. The number of para-hydroxylation sites is 2. The van der Waals surface area contributed by atoms with E-state index in [1.807, 2.05) is 48.0 Å². The van der Waals surface area contributed by atoms with Crippen molar-refractivity contribution in [3.63, 3.8) is 0 Å². The molecule has 1 saturated heterocycles. The van der Waals surface area contributed by atoms with Crippen LogP contribution >= 0.6 is 11.6 Å². The van der Waals surface area contributed by atoms with Crippen molar-refractivity contribution in [1.82, 2.24) is 14.7 Å². The van der Waals surface area contributed by atoms with E-state index in [9.17, 15) is 0 Å². The highest BCUT2D eigenvalue weighted by molar-refractivity contribution is 6.30. The van der Waals surface area contributed by atoms with Gasteiger partial charge in [0.1, 0.15) is 5.15 Å². The first-order valence-electron chi connectivity index (χ1n) is 9.04. The van der Waals surface area contributed by atoms with E-state index in [1.54, 1.807) is 0 Å². The molecule has 134 valence electrons. The van der Waals surface area contributed by atoms with E-state index >= 15 is 0 Å². The Balaban J connectivity index is 1.44. The number of rotatable bonds is 5. The fourth-order valence-corrected chi connectivity index (χ4v) is 3.87. The van der Waals surface area contributed by atoms with E-state index in [4.69, 9.17) is 11.6 Å². The van der Waals surface area contributed by atoms with Crippen LogP contribution in [0, 0.1) is 6.92 Å². The molecule has 1 aromatic heterocycles. The Hall–Kier alpha value is -2.30. The zero-order valence-electron chi connectivity index (χ0n) is 14.9. The molecule has 1 aliphatic heterocycles. The average Bonchev–Trinajstić information content (AvgIpc) is 3.23. The van der Waals surface area contributed by atoms with Crippen LogP contribution in [0.25, 0.3) is 5.69 Å². The van der Waals surface area contributed by atoms with Crippen molar-refractivity contribution in [3.8, 4) is 5.69 Å². The smallest absolute Gasteiger partial charge is 0.137 e. The van der Waals surface area contributed by atoms with Gasteiger partial charge in [-0.05, 0) is 37.6 Å². The summed E-state index contributed by atoms with van der Waals surface area (Å²) in [6.45, 7) is 4.96. The van der Waals surface area contributed by atoms with E-state index in [2.05, 4.69) is 39.6 Å². The van der Waals surface area contributed by atoms with Gasteiger partial charge in [0.2, 0.25) is 0 Å². The molecule has 0 aliphatic carbocycles. The number of aromatic nitrogens is 2. The minimum absolute atomic E-state index is 0.473. The fourth-order valence-electron chi connectivity index (χ4n) is 3.54. The van der Waals surface area contributed by atoms with Crippen LogP contribution in [0.15, 0.2) is 60.7 Å². The predicted octanol–water partition coefficient (Wildman–Crippen LogP) is 4.52. The van der Waals surface area contributed by atoms with Gasteiger partial charge in [-0.2, -0.15) is 5.10 Å². The van der Waals surface area contributed by atoms with Gasteiger partial charge in [0.25, 0.3) is 0 Å². The highest BCUT2D eigenvalue weighted by Crippen LogP contribution is 2.26. The number of halogens is 1. The Bertz CT molecular complexity index is 860. The Morgan fingerprint density at radius 2 is 1.77 bits per heavy atom. The van der Waals surface area contributed by atoms with Crippen molar-refractivity contribution in [2.45, 2.75) is 25.9 Å². The Morgan fingerprint density at radius 3 is 2.50 bits per heavy atom. The molecule has 4 rings (SSSR count). The SMILES string of the molecule is Cc1nn(-c2ccccc2)c(Cl)c1CN1CCC(Nc2ccccc2)C1. The molecule has 0 amide bonds. The number of nitrogens with one attached hydrogen (secondary N) is 1. The molecule has 1 N–H and O–H groups in total. The first-order valence-corrected chi connectivity index (χ1v) is 9.42. The average molecular weight is 367 g/mol. The van der Waals surface area contributed by atoms with Crippen LogP contribution in [0.4, 0.5) is 5.69 Å². The van der Waals surface area contributed by atoms with Crippen LogP contribution in [0.2, 0.25) is 5.15 Å². The lowest BCUT2D eigenvalue weighted by molar-refractivity contribution is 0.328. The third kappa shape index (κ3) is 3.62. The van der Waals surface area contributed by atoms with Crippen molar-refractivity contribution in [3.05, 3.63) is 77.1 Å². The number of anilines is 1. The molecule has 0 radical (unpaired) electrons. The summed E-state index contributed by atoms with van der Waals surface area (Å²) in [5.41, 5.74) is 4.30. The summed E-state index contributed by atoms with van der Waals surface area (Å²) in [6, 6.07) is 20.9. The van der Waals surface area contributed by atoms with Gasteiger partial charge in [-0.3, -0.25) is 4.90 Å². The Labute approximate surface area is 159 Å². The Kier molecular flexibility index (Phi) is 4.96. The van der Waals surface area contributed by atoms with Crippen LogP contribution in [0.1, 0.15) is 17.7 Å². The molecule has 5 heteroatoms. The zero-order chi connectivity index (χ0) is 17.9. The molecule has 2 aromatic carbocycles. The largest absolute Gasteiger partial charge is 0.381 e. The van der Waals surface area contributed by atoms with Gasteiger partial charge in [-0.25, -0.2) is 4.68 Å². The predicted molar refractivity (Wildman–Crippen MR) is 107 cm³/mol. The molecule has 26 heavy (non-hydrogen) atoms. The van der Waals surface area contributed by atoms with Crippen LogP contribution < -0.4 is 5.32 Å². The summed E-state index contributed by atoms with van der Waals surface area (Å²) < 4.78 is 1.84. The number of aryl methyl sites for hydroxylation is 1. The lowest BCUT2D eigenvalue weighted by Gasteiger charge is -2.17. The maximum atomic E-state index is 6.67. The zero-order valence-corrected chi connectivity index (χ0v) is 15.7. The molecule has 3 aromatic rings. The quantitative estimate of drug-likeness (QED) is 0.720. The molecule has 1 unspecified atom stereocenters. The van der Waals surface area contributed by atoms with Crippen molar-refractivity contribution in [1.29, 1.82) is 0 Å². The molecule has 1 atom stereocenters. The van der Waals surface area contributed by atoms with E-state index in [0.717, 1.165) is 43.0 Å². The molecule has 2 heterocycles. The second-order valence-electron chi connectivity index (χ2n) is 6.83. The number of hydrogen-bond acceptors (Lipinski definition) is 3. The van der Waals surface area contributed by atoms with Crippen molar-refractivity contribution in [2.75, 3.05) is 18.4 Å². The number of likely N-dealkylation sites (tertiary alicyclic amines) is 1. The number of benzene rings is 2. The normalized spacial score (nSPS) is 17.5. The van der Waals surface area contributed by atoms with Crippen molar-refractivity contribution in [2.24, 2.45) is 0 Å². The third-order valence-electron chi connectivity index (χ3n) is 4.92. The van der Waals surface area contributed by atoms with Gasteiger partial charge in [0.15, 0.2) is 0 Å². The minimum Gasteiger partial charge on any atom is -0.381 e. The second kappa shape index (κ2) is 7.52. The van der Waals surface area contributed by atoms with Crippen LogP contribution in [-0.2, 0) is 6.54 Å². The van der Waals surface area contributed by atoms with E-state index in [-0.39, 0.29) is 0 Å². The maximum Gasteiger partial charge on any atom is 0.137 e. The molecule has 1 fully saturated rings. The van der Waals surface area contributed by atoms with Gasteiger partial charge >= 0.3 is 0 Å². The summed E-state index contributed by atoms with van der Waals surface area (Å²) in [6.07, 6.45) is 1.14. The molecular formula is C21H23ClN4. The summed E-state index contributed by atoms with van der Waals surface area (Å²) in [7, 11) is 0. The number of hydrogen-bond donors (Lipinski definition) is 1. The standard InChI is InChI=1S/C21H23ClN4/c1-16-20(21(22)26(24-16)19-10-6-3-7-11-19)15-25-13-12-18(14-25)23-17-8-4-2-5-9-17/h2-11,18,23H,12-15H2,1H3. The van der Waals surface area contributed by atoms with Crippen LogP contribution in [0.3, 0.4) is 0 Å². The van der Waals surface area contributed by atoms with Gasteiger partial charge in [-0.15, -0.1) is 0 Å². The van der Waals surface area contributed by atoms with Crippen LogP contribution in [-0.4, -0.2) is 33.8 Å². The first-order chi connectivity index (χ1) is 12.7. The third-order valence-corrected chi connectivity index (χ3v) is 5.31. The lowest BCUT2D eigenvalue weighted by Crippen LogP contribution is -2.26. The Morgan fingerprint density at radius 1 is 1.08 bits per heavy atom. The van der Waals surface area contributed by atoms with Crippen molar-refractivity contribution >= 4 is 17.3 Å². The van der Waals surface area contributed by atoms with Gasteiger partial charge < -0.3 is 5.32 Å². The maximum absolute atomic E-state index is 6.67. The molecule has 0 saturated carbocycles. The highest BCUT2D eigenvalue weighted by Gasteiger charge is 2.25. The minimum atomic E-state index is 0.473. The topological polar surface area (TPSA) is 33.1 Å². The molecule has 1 aliphatic rings. The van der Waals surface area contributed by atoms with E-state index < -0.39 is 0 Å². The highest BCUT2D eigenvalue weighted by atomic mass is 35.5. The van der Waals surface area contributed by atoms with Gasteiger partial charge in [0, 0.05) is 36.9 Å². The summed E-state index contributed by atoms with van der Waals surface area (Å²) in [5, 5.41) is 8.99. The second-order valence-corrected chi connectivity index (χ2v) is 7.19. The summed E-state index contributed by atoms with van der Waals surface area (Å²) in [5.74, 6) is 0. The molecule has 4 nitrogen and oxygen atoms in total. The molecule has 0 spiro atoms. The van der Waals surface area contributed by atoms with E-state index in [1.165, 1.54) is 5.69 Å². The number of nitrogens with zero attached hydrogens (tertiary/aromatic N) is 3. The van der Waals surface area contributed by atoms with Crippen molar-refractivity contribution < 1.29 is 0 Å². The van der Waals surface area contributed by atoms with Crippen LogP contribution in [0.5, 0.6) is 0 Å². The first kappa shape index (κ1) is 17.1. The lowest BCUT2D eigenvalue weighted by atomic mass is 10.2. The molecule has 0 bridgehead atoms. The summed E-state index contributed by atoms with van der Waals surface area (Å²) in [4.78, 5) is 2.45. The summed E-state index contributed by atoms with van der Waals surface area (Å²) >= 11 is 6.67. The van der Waals surface area contributed by atoms with Gasteiger partial charge in [0.05, 0.1) is 11.4 Å².